The maximum absolute atomic E-state index is 6.06. The number of hydrogen-bond acceptors (Lipinski definition) is 8. The predicted molar refractivity (Wildman–Crippen MR) is 73.0 cm³/mol. The molecule has 5 rings (SSSR count). The Morgan fingerprint density at radius 2 is 2.09 bits per heavy atom. The smallest absolute Gasteiger partial charge is 0.301 e. The van der Waals surface area contributed by atoms with Crippen LogP contribution in [0.5, 0.6) is 6.01 Å². The molecule has 0 spiro atoms. The zero-order valence-corrected chi connectivity index (χ0v) is 12.1. The van der Waals surface area contributed by atoms with Crippen LogP contribution in [-0.2, 0) is 14.2 Å². The zero-order chi connectivity index (χ0) is 15.1. The molecule has 2 aromatic rings. The van der Waals surface area contributed by atoms with E-state index in [-0.39, 0.29) is 18.3 Å². The van der Waals surface area contributed by atoms with E-state index in [1.807, 2.05) is 13.8 Å². The summed E-state index contributed by atoms with van der Waals surface area (Å²) in [7, 11) is 0. The molecule has 4 atom stereocenters. The van der Waals surface area contributed by atoms with Gasteiger partial charge in [-0.3, -0.25) is 0 Å². The maximum Gasteiger partial charge on any atom is 0.301 e. The van der Waals surface area contributed by atoms with Crippen molar-refractivity contribution in [3.63, 3.8) is 0 Å². The SMILES string of the molecule is CC1(C)O[C@@H]2[C@@H](O1)[C@H]1COc3nc4c(N)ncnc4n3[C@@H]2O1. The van der Waals surface area contributed by atoms with Gasteiger partial charge in [-0.2, -0.15) is 4.98 Å². The lowest BCUT2D eigenvalue weighted by Crippen LogP contribution is -2.34. The average Bonchev–Trinajstić information content (AvgIpc) is 3.02. The molecule has 2 saturated heterocycles. The Bertz CT molecular complexity index is 775. The molecule has 2 bridgehead atoms. The Kier molecular flexibility index (Phi) is 2.20. The van der Waals surface area contributed by atoms with Crippen LogP contribution in [0.3, 0.4) is 0 Å². The van der Waals surface area contributed by atoms with E-state index in [1.165, 1.54) is 6.33 Å². The first kappa shape index (κ1) is 12.6. The molecule has 2 aromatic heterocycles. The van der Waals surface area contributed by atoms with Gasteiger partial charge >= 0.3 is 6.01 Å². The highest BCUT2D eigenvalue weighted by molar-refractivity contribution is 5.82. The van der Waals surface area contributed by atoms with Gasteiger partial charge in [-0.05, 0) is 13.8 Å². The topological polar surface area (TPSA) is 107 Å². The summed E-state index contributed by atoms with van der Waals surface area (Å²) in [5.74, 6) is -0.339. The summed E-state index contributed by atoms with van der Waals surface area (Å²) in [6.07, 6.45) is 0.375. The first-order chi connectivity index (χ1) is 10.5. The Labute approximate surface area is 125 Å². The molecule has 0 aromatic carbocycles. The number of nitrogen functional groups attached to an aromatic ring is 1. The number of imidazole rings is 1. The van der Waals surface area contributed by atoms with E-state index in [2.05, 4.69) is 15.0 Å². The lowest BCUT2D eigenvalue weighted by molar-refractivity contribution is -0.195. The number of nitrogens with two attached hydrogens (primary N) is 1. The van der Waals surface area contributed by atoms with E-state index in [0.29, 0.717) is 29.6 Å². The van der Waals surface area contributed by atoms with Gasteiger partial charge in [-0.15, -0.1) is 0 Å². The molecule has 0 aliphatic carbocycles. The third kappa shape index (κ3) is 1.50. The maximum atomic E-state index is 6.06. The van der Waals surface area contributed by atoms with Crippen molar-refractivity contribution in [1.82, 2.24) is 19.5 Å². The fourth-order valence-corrected chi connectivity index (χ4v) is 3.40. The molecular formula is C13H15N5O4. The van der Waals surface area contributed by atoms with E-state index in [4.69, 9.17) is 24.7 Å². The van der Waals surface area contributed by atoms with Crippen molar-refractivity contribution < 1.29 is 18.9 Å². The summed E-state index contributed by atoms with van der Waals surface area (Å²) >= 11 is 0. The molecule has 0 amide bonds. The number of anilines is 1. The van der Waals surface area contributed by atoms with Crippen molar-refractivity contribution in [3.8, 4) is 6.01 Å². The molecular weight excluding hydrogens is 290 g/mol. The number of ether oxygens (including phenoxy) is 4. The Morgan fingerprint density at radius 3 is 2.95 bits per heavy atom. The van der Waals surface area contributed by atoms with Crippen molar-refractivity contribution in [2.24, 2.45) is 0 Å². The zero-order valence-electron chi connectivity index (χ0n) is 12.1. The minimum atomic E-state index is -0.648. The number of fused-ring (bicyclic) bond motifs is 9. The Hall–Kier alpha value is -1.97. The summed E-state index contributed by atoms with van der Waals surface area (Å²) in [5.41, 5.74) is 6.95. The third-order valence-electron chi connectivity index (χ3n) is 4.23. The van der Waals surface area contributed by atoms with Crippen molar-refractivity contribution in [2.45, 2.75) is 44.2 Å². The van der Waals surface area contributed by atoms with Crippen molar-refractivity contribution >= 4 is 17.0 Å². The lowest BCUT2D eigenvalue weighted by atomic mass is 10.1. The van der Waals surface area contributed by atoms with Crippen molar-refractivity contribution in [1.29, 1.82) is 0 Å². The minimum Gasteiger partial charge on any atom is -0.462 e. The second kappa shape index (κ2) is 3.86. The van der Waals surface area contributed by atoms with Crippen LogP contribution in [0.2, 0.25) is 0 Å². The van der Waals surface area contributed by atoms with Gasteiger partial charge in [0.15, 0.2) is 29.0 Å². The molecule has 9 heteroatoms. The number of hydrogen-bond donors (Lipinski definition) is 1. The fourth-order valence-electron chi connectivity index (χ4n) is 3.40. The monoisotopic (exact) mass is 305 g/mol. The van der Waals surface area contributed by atoms with Gasteiger partial charge in [0.05, 0.1) is 0 Å². The van der Waals surface area contributed by atoms with Crippen LogP contribution in [0, 0.1) is 0 Å². The van der Waals surface area contributed by atoms with Gasteiger partial charge in [0.25, 0.3) is 0 Å². The molecule has 3 aliphatic heterocycles. The van der Waals surface area contributed by atoms with E-state index in [0.717, 1.165) is 0 Å². The van der Waals surface area contributed by atoms with Crippen LogP contribution in [0.15, 0.2) is 6.33 Å². The summed E-state index contributed by atoms with van der Waals surface area (Å²) in [6.45, 7) is 4.13. The standard InChI is InChI=1S/C13H15N5O4/c1-13(2)21-7-5-3-19-12-17-6-9(14)15-4-16-10(6)18(12)11(20-5)8(7)22-13/h4-5,7-8,11H,3H2,1-2H3,(H2,14,15,16)/t5-,7+,8-,11-/m1/s1. The van der Waals surface area contributed by atoms with Gasteiger partial charge in [-0.1, -0.05) is 0 Å². The fraction of sp³-hybridized carbons (Fsp3) is 0.615. The van der Waals surface area contributed by atoms with Crippen LogP contribution in [0.1, 0.15) is 20.1 Å². The molecule has 9 nitrogen and oxygen atoms in total. The summed E-state index contributed by atoms with van der Waals surface area (Å²) < 4.78 is 25.6. The Balaban J connectivity index is 1.70. The summed E-state index contributed by atoms with van der Waals surface area (Å²) in [5, 5.41) is 0. The average molecular weight is 305 g/mol. The second-order valence-corrected chi connectivity index (χ2v) is 6.14. The lowest BCUT2D eigenvalue weighted by Gasteiger charge is -2.22. The van der Waals surface area contributed by atoms with E-state index in [1.54, 1.807) is 4.57 Å². The Morgan fingerprint density at radius 1 is 1.27 bits per heavy atom. The highest BCUT2D eigenvalue weighted by atomic mass is 16.8. The van der Waals surface area contributed by atoms with Gasteiger partial charge in [0.2, 0.25) is 0 Å². The van der Waals surface area contributed by atoms with Crippen molar-refractivity contribution in [2.75, 3.05) is 12.3 Å². The number of aromatic nitrogens is 4. The van der Waals surface area contributed by atoms with Crippen LogP contribution in [0.4, 0.5) is 5.82 Å². The van der Waals surface area contributed by atoms with E-state index in [9.17, 15) is 0 Å². The first-order valence-electron chi connectivity index (χ1n) is 7.16. The number of rotatable bonds is 0. The molecule has 5 heterocycles. The molecule has 116 valence electrons. The predicted octanol–water partition coefficient (Wildman–Crippen LogP) is 0.218. The molecule has 3 aliphatic rings. The van der Waals surface area contributed by atoms with Gasteiger partial charge < -0.3 is 24.7 Å². The van der Waals surface area contributed by atoms with Gasteiger partial charge in [0, 0.05) is 0 Å². The molecule has 0 unspecified atom stereocenters. The first-order valence-corrected chi connectivity index (χ1v) is 7.16. The van der Waals surface area contributed by atoms with Crippen LogP contribution >= 0.6 is 0 Å². The second-order valence-electron chi connectivity index (χ2n) is 6.14. The van der Waals surface area contributed by atoms with Crippen molar-refractivity contribution in [3.05, 3.63) is 6.33 Å². The van der Waals surface area contributed by atoms with Gasteiger partial charge in [0.1, 0.15) is 31.2 Å². The molecule has 0 saturated carbocycles. The van der Waals surface area contributed by atoms with E-state index < -0.39 is 12.0 Å². The highest BCUT2D eigenvalue weighted by Gasteiger charge is 2.58. The summed E-state index contributed by atoms with van der Waals surface area (Å²) in [4.78, 5) is 12.6. The molecule has 0 radical (unpaired) electrons. The van der Waals surface area contributed by atoms with Crippen LogP contribution in [0.25, 0.3) is 11.2 Å². The number of nitrogens with zero attached hydrogens (tertiary/aromatic N) is 4. The molecule has 22 heavy (non-hydrogen) atoms. The van der Waals surface area contributed by atoms with Crippen LogP contribution < -0.4 is 10.5 Å². The molecule has 2 fully saturated rings. The normalized spacial score (nSPS) is 35.0. The summed E-state index contributed by atoms with van der Waals surface area (Å²) in [6, 6.07) is 0.418. The largest absolute Gasteiger partial charge is 0.462 e. The third-order valence-corrected chi connectivity index (χ3v) is 4.23. The van der Waals surface area contributed by atoms with Gasteiger partial charge in [-0.25, -0.2) is 14.5 Å². The molecule has 2 N–H and O–H groups in total. The minimum absolute atomic E-state index is 0.176. The quantitative estimate of drug-likeness (QED) is 0.736. The van der Waals surface area contributed by atoms with Crippen LogP contribution in [-0.4, -0.2) is 50.2 Å². The highest BCUT2D eigenvalue weighted by Crippen LogP contribution is 2.46. The van der Waals surface area contributed by atoms with E-state index >= 15 is 0 Å².